The zero-order chi connectivity index (χ0) is 17.3. The van der Waals surface area contributed by atoms with E-state index in [0.717, 1.165) is 19.8 Å². The van der Waals surface area contributed by atoms with Gasteiger partial charge in [-0.2, -0.15) is 0 Å². The van der Waals surface area contributed by atoms with Crippen molar-refractivity contribution >= 4 is 66.0 Å². The largest absolute Gasteiger partial charge is 0.360 e. The van der Waals surface area contributed by atoms with Crippen LogP contribution in [0, 0.1) is 0 Å². The fourth-order valence-corrected chi connectivity index (χ4v) is 3.07. The Labute approximate surface area is 155 Å². The lowest BCUT2D eigenvalue weighted by molar-refractivity contribution is -0.114. The summed E-state index contributed by atoms with van der Waals surface area (Å²) < 4.78 is 1.78. The van der Waals surface area contributed by atoms with Crippen molar-refractivity contribution in [2.45, 2.75) is 6.92 Å². The number of benzene rings is 2. The van der Waals surface area contributed by atoms with Crippen molar-refractivity contribution in [3.63, 3.8) is 0 Å². The van der Waals surface area contributed by atoms with Gasteiger partial charge in [0.2, 0.25) is 5.91 Å². The third kappa shape index (κ3) is 3.52. The van der Waals surface area contributed by atoms with Crippen LogP contribution in [0.5, 0.6) is 0 Å². The van der Waals surface area contributed by atoms with Crippen molar-refractivity contribution < 1.29 is 9.59 Å². The minimum Gasteiger partial charge on any atom is -0.360 e. The van der Waals surface area contributed by atoms with E-state index in [2.05, 4.69) is 47.5 Å². The zero-order valence-corrected chi connectivity index (χ0v) is 15.8. The van der Waals surface area contributed by atoms with Crippen LogP contribution in [0.25, 0.3) is 10.9 Å². The molecule has 3 N–H and O–H groups in total. The number of nitrogens with one attached hydrogen (secondary N) is 3. The third-order valence-electron chi connectivity index (χ3n) is 3.41. The van der Waals surface area contributed by atoms with Crippen molar-refractivity contribution in [3.05, 3.63) is 57.1 Å². The first-order chi connectivity index (χ1) is 11.4. The Morgan fingerprint density at radius 3 is 2.38 bits per heavy atom. The maximum Gasteiger partial charge on any atom is 0.257 e. The minimum absolute atomic E-state index is 0.162. The smallest absolute Gasteiger partial charge is 0.257 e. The van der Waals surface area contributed by atoms with Gasteiger partial charge in [-0.3, -0.25) is 9.59 Å². The molecule has 0 saturated carbocycles. The van der Waals surface area contributed by atoms with Crippen LogP contribution in [0.1, 0.15) is 17.3 Å². The summed E-state index contributed by atoms with van der Waals surface area (Å²) in [6.07, 6.45) is 1.68. The van der Waals surface area contributed by atoms with Gasteiger partial charge in [0.15, 0.2) is 0 Å². The zero-order valence-electron chi connectivity index (χ0n) is 12.6. The molecule has 5 nitrogen and oxygen atoms in total. The van der Waals surface area contributed by atoms with Gasteiger partial charge in [-0.05, 0) is 62.2 Å². The van der Waals surface area contributed by atoms with Crippen LogP contribution >= 0.6 is 31.9 Å². The van der Waals surface area contributed by atoms with Crippen molar-refractivity contribution in [1.29, 1.82) is 0 Å². The van der Waals surface area contributed by atoms with Gasteiger partial charge in [-0.1, -0.05) is 6.07 Å². The molecule has 1 heterocycles. The molecule has 3 rings (SSSR count). The molecule has 0 aliphatic heterocycles. The second kappa shape index (κ2) is 6.78. The number of hydrogen-bond acceptors (Lipinski definition) is 2. The molecule has 0 saturated heterocycles. The molecule has 3 aromatic rings. The topological polar surface area (TPSA) is 74.0 Å². The first-order valence-electron chi connectivity index (χ1n) is 7.09. The highest BCUT2D eigenvalue weighted by Crippen LogP contribution is 2.30. The summed E-state index contributed by atoms with van der Waals surface area (Å²) in [5, 5.41) is 6.36. The molecule has 0 unspecified atom stereocenters. The standard InChI is InChI=1S/C17H13Br2N3O2/c1-9(23)21-10-3-2-4-11(5-10)22-17(24)13-8-20-16-7-15(19)14(18)6-12(13)16/h2-8,20H,1H3,(H,21,23)(H,22,24). The molecule has 0 fully saturated rings. The molecule has 1 aromatic heterocycles. The van der Waals surface area contributed by atoms with E-state index in [9.17, 15) is 9.59 Å². The predicted molar refractivity (Wildman–Crippen MR) is 102 cm³/mol. The van der Waals surface area contributed by atoms with Gasteiger partial charge < -0.3 is 15.6 Å². The van der Waals surface area contributed by atoms with Crippen LogP contribution in [0.15, 0.2) is 51.5 Å². The van der Waals surface area contributed by atoms with Crippen LogP contribution in [0.4, 0.5) is 11.4 Å². The molecule has 0 aliphatic carbocycles. The lowest BCUT2D eigenvalue weighted by atomic mass is 10.1. The van der Waals surface area contributed by atoms with Crippen molar-refractivity contribution in [2.24, 2.45) is 0 Å². The van der Waals surface area contributed by atoms with Crippen LogP contribution in [-0.2, 0) is 4.79 Å². The molecule has 0 bridgehead atoms. The Balaban J connectivity index is 1.88. The van der Waals surface area contributed by atoms with Crippen LogP contribution in [0.2, 0.25) is 0 Å². The summed E-state index contributed by atoms with van der Waals surface area (Å²) in [6, 6.07) is 10.8. The van der Waals surface area contributed by atoms with Crippen LogP contribution in [0.3, 0.4) is 0 Å². The van der Waals surface area contributed by atoms with Gasteiger partial charge in [0.05, 0.1) is 5.56 Å². The molecule has 122 valence electrons. The number of rotatable bonds is 3. The van der Waals surface area contributed by atoms with E-state index in [1.165, 1.54) is 6.92 Å². The molecule has 7 heteroatoms. The summed E-state index contributed by atoms with van der Waals surface area (Å²) in [4.78, 5) is 26.8. The molecule has 2 aromatic carbocycles. The quantitative estimate of drug-likeness (QED) is 0.530. The Bertz CT molecular complexity index is 950. The van der Waals surface area contributed by atoms with Gasteiger partial charge in [-0.15, -0.1) is 0 Å². The maximum atomic E-state index is 12.6. The fraction of sp³-hybridized carbons (Fsp3) is 0.0588. The second-order valence-electron chi connectivity index (χ2n) is 5.23. The van der Waals surface area contributed by atoms with Crippen molar-refractivity contribution in [3.8, 4) is 0 Å². The van der Waals surface area contributed by atoms with E-state index in [4.69, 9.17) is 0 Å². The van der Waals surface area contributed by atoms with Crippen LogP contribution in [-0.4, -0.2) is 16.8 Å². The normalized spacial score (nSPS) is 10.6. The predicted octanol–water partition coefficient (Wildman–Crippen LogP) is 4.90. The molecule has 2 amide bonds. The molecular formula is C17H13Br2N3O2. The van der Waals surface area contributed by atoms with E-state index >= 15 is 0 Å². The van der Waals surface area contributed by atoms with Crippen molar-refractivity contribution in [1.82, 2.24) is 4.98 Å². The van der Waals surface area contributed by atoms with E-state index < -0.39 is 0 Å². The SMILES string of the molecule is CC(=O)Nc1cccc(NC(=O)c2c[nH]c3cc(Br)c(Br)cc23)c1. The summed E-state index contributed by atoms with van der Waals surface area (Å²) in [7, 11) is 0. The number of aromatic nitrogens is 1. The highest BCUT2D eigenvalue weighted by Gasteiger charge is 2.14. The number of carbonyl (C=O) groups excluding carboxylic acids is 2. The Kier molecular flexibility index (Phi) is 4.73. The summed E-state index contributed by atoms with van der Waals surface area (Å²) in [5.74, 6) is -0.388. The third-order valence-corrected chi connectivity index (χ3v) is 5.25. The molecular weight excluding hydrogens is 438 g/mol. The van der Waals surface area contributed by atoms with E-state index in [-0.39, 0.29) is 11.8 Å². The van der Waals surface area contributed by atoms with Gasteiger partial charge >= 0.3 is 0 Å². The number of carbonyl (C=O) groups is 2. The number of aromatic amines is 1. The minimum atomic E-state index is -0.226. The molecule has 0 radical (unpaired) electrons. The van der Waals surface area contributed by atoms with Gasteiger partial charge in [0, 0.05) is 44.3 Å². The molecule has 0 spiro atoms. The van der Waals surface area contributed by atoms with E-state index in [1.54, 1.807) is 30.5 Å². The Hall–Kier alpha value is -2.12. The summed E-state index contributed by atoms with van der Waals surface area (Å²) in [5.41, 5.74) is 2.65. The Morgan fingerprint density at radius 1 is 1.00 bits per heavy atom. The number of halogens is 2. The average molecular weight is 451 g/mol. The van der Waals surface area contributed by atoms with Crippen LogP contribution < -0.4 is 10.6 Å². The monoisotopic (exact) mass is 449 g/mol. The maximum absolute atomic E-state index is 12.6. The number of anilines is 2. The fourth-order valence-electron chi connectivity index (χ4n) is 2.38. The van der Waals surface area contributed by atoms with Gasteiger partial charge in [0.25, 0.3) is 5.91 Å². The van der Waals surface area contributed by atoms with E-state index in [0.29, 0.717) is 16.9 Å². The molecule has 0 aliphatic rings. The lowest BCUT2D eigenvalue weighted by Gasteiger charge is -2.07. The number of amides is 2. The number of hydrogen-bond donors (Lipinski definition) is 3. The number of H-pyrrole nitrogens is 1. The van der Waals surface area contributed by atoms with Crippen molar-refractivity contribution in [2.75, 3.05) is 10.6 Å². The lowest BCUT2D eigenvalue weighted by Crippen LogP contribution is -2.12. The highest BCUT2D eigenvalue weighted by molar-refractivity contribution is 9.13. The van der Waals surface area contributed by atoms with Gasteiger partial charge in [0.1, 0.15) is 0 Å². The molecule has 24 heavy (non-hydrogen) atoms. The Morgan fingerprint density at radius 2 is 1.67 bits per heavy atom. The first-order valence-corrected chi connectivity index (χ1v) is 8.68. The second-order valence-corrected chi connectivity index (χ2v) is 6.94. The first kappa shape index (κ1) is 16.7. The molecule has 0 atom stereocenters. The summed E-state index contributed by atoms with van der Waals surface area (Å²) in [6.45, 7) is 1.44. The van der Waals surface area contributed by atoms with E-state index in [1.807, 2.05) is 12.1 Å². The highest BCUT2D eigenvalue weighted by atomic mass is 79.9. The average Bonchev–Trinajstić information content (AvgIpc) is 2.90. The number of fused-ring (bicyclic) bond motifs is 1. The van der Waals surface area contributed by atoms with Gasteiger partial charge in [-0.25, -0.2) is 0 Å². The summed E-state index contributed by atoms with van der Waals surface area (Å²) >= 11 is 6.89.